The van der Waals surface area contributed by atoms with Crippen LogP contribution in [0.4, 0.5) is 4.39 Å². The van der Waals surface area contributed by atoms with Crippen molar-refractivity contribution in [3.8, 4) is 11.3 Å². The lowest BCUT2D eigenvalue weighted by Crippen LogP contribution is -2.24. The number of carbonyl (C=O) groups excluding carboxylic acids is 1. The summed E-state index contributed by atoms with van der Waals surface area (Å²) in [7, 11) is 0. The number of benzene rings is 2. The molecule has 6 heteroatoms. The molecule has 128 valence electrons. The molecule has 1 heterocycles. The van der Waals surface area contributed by atoms with Gasteiger partial charge < -0.3 is 5.32 Å². The van der Waals surface area contributed by atoms with Crippen LogP contribution in [-0.4, -0.2) is 16.6 Å². The van der Waals surface area contributed by atoms with E-state index in [1.807, 2.05) is 35.7 Å². The highest BCUT2D eigenvalue weighted by atomic mass is 32.2. The van der Waals surface area contributed by atoms with Crippen LogP contribution >= 0.6 is 23.1 Å². The maximum atomic E-state index is 13.2. The van der Waals surface area contributed by atoms with Gasteiger partial charge in [0.15, 0.2) is 4.34 Å². The Morgan fingerprint density at radius 3 is 2.80 bits per heavy atom. The molecule has 0 aliphatic carbocycles. The Morgan fingerprint density at radius 1 is 1.24 bits per heavy atom. The first-order valence-electron chi connectivity index (χ1n) is 7.77. The Balaban J connectivity index is 1.49. The zero-order valence-electron chi connectivity index (χ0n) is 13.7. The number of thiazole rings is 1. The molecule has 0 spiro atoms. The highest BCUT2D eigenvalue weighted by Gasteiger charge is 2.08. The van der Waals surface area contributed by atoms with Crippen LogP contribution < -0.4 is 5.32 Å². The first-order valence-corrected chi connectivity index (χ1v) is 9.64. The fourth-order valence-corrected chi connectivity index (χ4v) is 3.93. The van der Waals surface area contributed by atoms with E-state index in [-0.39, 0.29) is 11.7 Å². The molecule has 3 nitrogen and oxygen atoms in total. The molecule has 1 amide bonds. The Kier molecular flexibility index (Phi) is 5.83. The van der Waals surface area contributed by atoms with Crippen LogP contribution in [0.15, 0.2) is 58.3 Å². The third-order valence-corrected chi connectivity index (χ3v) is 5.61. The summed E-state index contributed by atoms with van der Waals surface area (Å²) in [6, 6.07) is 14.8. The van der Waals surface area contributed by atoms with Gasteiger partial charge >= 0.3 is 0 Å². The van der Waals surface area contributed by atoms with E-state index in [0.717, 1.165) is 21.2 Å². The van der Waals surface area contributed by atoms with Gasteiger partial charge in [-0.3, -0.25) is 4.79 Å². The second-order valence-corrected chi connectivity index (χ2v) is 7.59. The number of thioether (sulfide) groups is 1. The normalized spacial score (nSPS) is 10.6. The van der Waals surface area contributed by atoms with Crippen molar-refractivity contribution in [2.75, 3.05) is 5.75 Å². The number of hydrogen-bond donors (Lipinski definition) is 1. The zero-order chi connectivity index (χ0) is 17.6. The number of aryl methyl sites for hydroxylation is 1. The third-order valence-electron chi connectivity index (χ3n) is 3.59. The summed E-state index contributed by atoms with van der Waals surface area (Å²) in [4.78, 5) is 16.5. The van der Waals surface area contributed by atoms with Crippen molar-refractivity contribution in [3.63, 3.8) is 0 Å². The Hall–Kier alpha value is -2.18. The summed E-state index contributed by atoms with van der Waals surface area (Å²) in [6.07, 6.45) is 0. The minimum atomic E-state index is -0.233. The molecule has 0 bridgehead atoms. The van der Waals surface area contributed by atoms with Crippen molar-refractivity contribution in [2.45, 2.75) is 17.8 Å². The van der Waals surface area contributed by atoms with Gasteiger partial charge in [-0.05, 0) is 24.1 Å². The van der Waals surface area contributed by atoms with E-state index in [2.05, 4.69) is 10.3 Å². The van der Waals surface area contributed by atoms with Crippen LogP contribution in [0.1, 0.15) is 11.1 Å². The molecule has 0 fully saturated rings. The monoisotopic (exact) mass is 372 g/mol. The summed E-state index contributed by atoms with van der Waals surface area (Å²) < 4.78 is 14.1. The van der Waals surface area contributed by atoms with Crippen molar-refractivity contribution < 1.29 is 9.18 Å². The van der Waals surface area contributed by atoms with Gasteiger partial charge in [0.05, 0.1) is 11.4 Å². The molecule has 3 rings (SSSR count). The van der Waals surface area contributed by atoms with Gasteiger partial charge in [-0.1, -0.05) is 54.2 Å². The molecule has 0 saturated heterocycles. The van der Waals surface area contributed by atoms with Gasteiger partial charge in [0.25, 0.3) is 0 Å². The number of nitrogens with zero attached hydrogens (tertiary/aromatic N) is 1. The molecule has 2 aromatic carbocycles. The molecule has 1 N–H and O–H groups in total. The number of amides is 1. The van der Waals surface area contributed by atoms with Crippen LogP contribution in [0.3, 0.4) is 0 Å². The predicted octanol–water partition coefficient (Wildman–Crippen LogP) is 4.67. The molecule has 25 heavy (non-hydrogen) atoms. The van der Waals surface area contributed by atoms with Crippen LogP contribution in [0.5, 0.6) is 0 Å². The van der Waals surface area contributed by atoms with E-state index < -0.39 is 0 Å². The standard InChI is InChI=1S/C19H17FN2OS2/c1-13-9-14(7-8-16(13)20)10-21-18(23)12-25-19-22-17(11-24-19)15-5-3-2-4-6-15/h2-9,11H,10,12H2,1H3,(H,21,23). The van der Waals surface area contributed by atoms with Crippen LogP contribution in [0, 0.1) is 12.7 Å². The van der Waals surface area contributed by atoms with E-state index in [0.29, 0.717) is 17.9 Å². The Bertz CT molecular complexity index is 865. The minimum Gasteiger partial charge on any atom is -0.351 e. The smallest absolute Gasteiger partial charge is 0.230 e. The number of hydrogen-bond acceptors (Lipinski definition) is 4. The van der Waals surface area contributed by atoms with Gasteiger partial charge in [-0.15, -0.1) is 11.3 Å². The molecule has 3 aromatic rings. The minimum absolute atomic E-state index is 0.0663. The number of nitrogens with one attached hydrogen (secondary N) is 1. The second kappa shape index (κ2) is 8.27. The SMILES string of the molecule is Cc1cc(CNC(=O)CSc2nc(-c3ccccc3)cs2)ccc1F. The van der Waals surface area contributed by atoms with E-state index in [1.165, 1.54) is 29.2 Å². The van der Waals surface area contributed by atoms with Crippen molar-refractivity contribution in [3.05, 3.63) is 70.9 Å². The van der Waals surface area contributed by atoms with Crippen LogP contribution in [0.2, 0.25) is 0 Å². The van der Waals surface area contributed by atoms with Crippen LogP contribution in [-0.2, 0) is 11.3 Å². The molecule has 0 aliphatic heterocycles. The van der Waals surface area contributed by atoms with Crippen molar-refractivity contribution >= 4 is 29.0 Å². The summed E-state index contributed by atoms with van der Waals surface area (Å²) in [6.45, 7) is 2.11. The average Bonchev–Trinajstić information content (AvgIpc) is 3.11. The quantitative estimate of drug-likeness (QED) is 0.640. The lowest BCUT2D eigenvalue weighted by Gasteiger charge is -2.06. The van der Waals surface area contributed by atoms with Gasteiger partial charge in [0, 0.05) is 17.5 Å². The van der Waals surface area contributed by atoms with Crippen molar-refractivity contribution in [1.82, 2.24) is 10.3 Å². The molecule has 0 aliphatic rings. The number of aromatic nitrogens is 1. The fraction of sp³-hybridized carbons (Fsp3) is 0.158. The molecule has 0 radical (unpaired) electrons. The first kappa shape index (κ1) is 17.6. The molecule has 0 atom stereocenters. The Labute approximate surface area is 154 Å². The maximum Gasteiger partial charge on any atom is 0.230 e. The molecular weight excluding hydrogens is 355 g/mol. The molecular formula is C19H17FN2OS2. The Morgan fingerprint density at radius 2 is 2.04 bits per heavy atom. The van der Waals surface area contributed by atoms with E-state index in [4.69, 9.17) is 0 Å². The third kappa shape index (κ3) is 4.90. The summed E-state index contributed by atoms with van der Waals surface area (Å²) in [5, 5.41) is 4.85. The maximum absolute atomic E-state index is 13.2. The zero-order valence-corrected chi connectivity index (χ0v) is 15.3. The summed E-state index contributed by atoms with van der Waals surface area (Å²) >= 11 is 2.95. The second-order valence-electron chi connectivity index (χ2n) is 5.51. The average molecular weight is 372 g/mol. The van der Waals surface area contributed by atoms with Crippen LogP contribution in [0.25, 0.3) is 11.3 Å². The molecule has 1 aromatic heterocycles. The summed E-state index contributed by atoms with van der Waals surface area (Å²) in [5.41, 5.74) is 3.47. The van der Waals surface area contributed by atoms with E-state index in [9.17, 15) is 9.18 Å². The van der Waals surface area contributed by atoms with E-state index >= 15 is 0 Å². The number of rotatable bonds is 6. The highest BCUT2D eigenvalue weighted by molar-refractivity contribution is 8.01. The number of halogens is 1. The predicted molar refractivity (Wildman–Crippen MR) is 101 cm³/mol. The summed E-state index contributed by atoms with van der Waals surface area (Å²) in [5.74, 6) is 0.00844. The molecule has 0 saturated carbocycles. The topological polar surface area (TPSA) is 42.0 Å². The van der Waals surface area contributed by atoms with Gasteiger partial charge in [-0.25, -0.2) is 9.37 Å². The van der Waals surface area contributed by atoms with Gasteiger partial charge in [0.1, 0.15) is 5.82 Å². The van der Waals surface area contributed by atoms with Crippen molar-refractivity contribution in [2.24, 2.45) is 0 Å². The van der Waals surface area contributed by atoms with Gasteiger partial charge in [0.2, 0.25) is 5.91 Å². The first-order chi connectivity index (χ1) is 12.1. The molecule has 0 unspecified atom stereocenters. The lowest BCUT2D eigenvalue weighted by atomic mass is 10.1. The largest absolute Gasteiger partial charge is 0.351 e. The van der Waals surface area contributed by atoms with Gasteiger partial charge in [-0.2, -0.15) is 0 Å². The highest BCUT2D eigenvalue weighted by Crippen LogP contribution is 2.27. The van der Waals surface area contributed by atoms with Crippen molar-refractivity contribution in [1.29, 1.82) is 0 Å². The van der Waals surface area contributed by atoms with E-state index in [1.54, 1.807) is 19.1 Å². The fourth-order valence-electron chi connectivity index (χ4n) is 2.26. The number of carbonyl (C=O) groups is 1. The lowest BCUT2D eigenvalue weighted by molar-refractivity contribution is -0.118.